The second kappa shape index (κ2) is 6.44. The SMILES string of the molecule is NNC1CCCCCCCCC1. The van der Waals surface area contributed by atoms with Crippen LogP contribution in [0.4, 0.5) is 0 Å². The molecule has 0 aromatic heterocycles. The predicted octanol–water partition coefficient (Wildman–Crippen LogP) is 2.34. The van der Waals surface area contributed by atoms with Crippen LogP contribution < -0.4 is 11.3 Å². The Morgan fingerprint density at radius 3 is 1.58 bits per heavy atom. The number of nitrogens with two attached hydrogens (primary N) is 1. The van der Waals surface area contributed by atoms with E-state index < -0.39 is 0 Å². The quantitative estimate of drug-likeness (QED) is 0.468. The van der Waals surface area contributed by atoms with Gasteiger partial charge in [0.15, 0.2) is 0 Å². The molecule has 1 rings (SSSR count). The molecule has 0 unspecified atom stereocenters. The van der Waals surface area contributed by atoms with Crippen molar-refractivity contribution in [3.8, 4) is 0 Å². The molecule has 0 radical (unpaired) electrons. The smallest absolute Gasteiger partial charge is 0.0210 e. The lowest BCUT2D eigenvalue weighted by atomic mass is 9.98. The first-order chi connectivity index (χ1) is 5.93. The second-order valence-corrected chi connectivity index (χ2v) is 3.92. The maximum absolute atomic E-state index is 5.46. The van der Waals surface area contributed by atoms with E-state index in [-0.39, 0.29) is 0 Å². The normalized spacial score (nSPS) is 23.8. The zero-order valence-corrected chi connectivity index (χ0v) is 8.02. The molecular weight excluding hydrogens is 148 g/mol. The van der Waals surface area contributed by atoms with Gasteiger partial charge in [-0.1, -0.05) is 44.9 Å². The summed E-state index contributed by atoms with van der Waals surface area (Å²) in [7, 11) is 0. The minimum Gasteiger partial charge on any atom is -0.271 e. The third kappa shape index (κ3) is 4.07. The fraction of sp³-hybridized carbons (Fsp3) is 1.00. The molecule has 0 heterocycles. The van der Waals surface area contributed by atoms with Gasteiger partial charge >= 0.3 is 0 Å². The van der Waals surface area contributed by atoms with Crippen molar-refractivity contribution in [1.29, 1.82) is 0 Å². The Hall–Kier alpha value is -0.0800. The highest BCUT2D eigenvalue weighted by Gasteiger charge is 2.06. The first kappa shape index (κ1) is 10.0. The summed E-state index contributed by atoms with van der Waals surface area (Å²) in [6, 6.07) is 0.586. The molecule has 1 fully saturated rings. The Labute approximate surface area is 75.9 Å². The molecule has 0 spiro atoms. The lowest BCUT2D eigenvalue weighted by Gasteiger charge is -2.16. The highest BCUT2D eigenvalue weighted by molar-refractivity contribution is 4.65. The number of hydrazine groups is 1. The zero-order valence-electron chi connectivity index (χ0n) is 8.02. The van der Waals surface area contributed by atoms with Crippen LogP contribution in [0.5, 0.6) is 0 Å². The molecule has 0 saturated heterocycles. The van der Waals surface area contributed by atoms with Gasteiger partial charge in [0.1, 0.15) is 0 Å². The van der Waals surface area contributed by atoms with Crippen LogP contribution >= 0.6 is 0 Å². The summed E-state index contributed by atoms with van der Waals surface area (Å²) in [5.74, 6) is 5.46. The third-order valence-electron chi connectivity index (χ3n) is 2.84. The number of hydrogen-bond donors (Lipinski definition) is 2. The van der Waals surface area contributed by atoms with Gasteiger partial charge in [0.2, 0.25) is 0 Å². The summed E-state index contributed by atoms with van der Waals surface area (Å²) in [6.45, 7) is 0. The average molecular weight is 170 g/mol. The van der Waals surface area contributed by atoms with Crippen molar-refractivity contribution < 1.29 is 0 Å². The first-order valence-electron chi connectivity index (χ1n) is 5.39. The molecule has 0 atom stereocenters. The largest absolute Gasteiger partial charge is 0.271 e. The van der Waals surface area contributed by atoms with Gasteiger partial charge in [0, 0.05) is 6.04 Å². The van der Waals surface area contributed by atoms with Crippen molar-refractivity contribution in [3.05, 3.63) is 0 Å². The highest BCUT2D eigenvalue weighted by Crippen LogP contribution is 2.16. The van der Waals surface area contributed by atoms with Crippen molar-refractivity contribution in [3.63, 3.8) is 0 Å². The molecule has 2 nitrogen and oxygen atoms in total. The first-order valence-corrected chi connectivity index (χ1v) is 5.39. The number of rotatable bonds is 1. The maximum atomic E-state index is 5.46. The molecule has 0 aromatic rings. The van der Waals surface area contributed by atoms with E-state index in [2.05, 4.69) is 5.43 Å². The Morgan fingerprint density at radius 2 is 1.17 bits per heavy atom. The van der Waals surface area contributed by atoms with Crippen LogP contribution in [0.1, 0.15) is 57.8 Å². The van der Waals surface area contributed by atoms with Crippen LogP contribution in [0.2, 0.25) is 0 Å². The number of hydrogen-bond acceptors (Lipinski definition) is 2. The Kier molecular flexibility index (Phi) is 5.37. The molecule has 0 bridgehead atoms. The topological polar surface area (TPSA) is 38.0 Å². The molecule has 0 aromatic carbocycles. The van der Waals surface area contributed by atoms with E-state index in [1.807, 2.05) is 0 Å². The molecule has 1 saturated carbocycles. The van der Waals surface area contributed by atoms with Gasteiger partial charge in [-0.05, 0) is 12.8 Å². The van der Waals surface area contributed by atoms with Gasteiger partial charge in [-0.25, -0.2) is 0 Å². The van der Waals surface area contributed by atoms with Crippen LogP contribution in [-0.2, 0) is 0 Å². The van der Waals surface area contributed by atoms with Gasteiger partial charge in [0.05, 0.1) is 0 Å². The van der Waals surface area contributed by atoms with E-state index in [0.717, 1.165) is 0 Å². The standard InChI is InChI=1S/C10H22N2/c11-12-10-8-6-4-2-1-3-5-7-9-10/h10,12H,1-9,11H2. The summed E-state index contributed by atoms with van der Waals surface area (Å²) in [5, 5.41) is 0. The van der Waals surface area contributed by atoms with E-state index in [1.165, 1.54) is 57.8 Å². The van der Waals surface area contributed by atoms with Crippen LogP contribution in [0.3, 0.4) is 0 Å². The Morgan fingerprint density at radius 1 is 0.750 bits per heavy atom. The summed E-state index contributed by atoms with van der Waals surface area (Å²) in [5.41, 5.74) is 2.92. The number of nitrogens with one attached hydrogen (secondary N) is 1. The molecule has 12 heavy (non-hydrogen) atoms. The third-order valence-corrected chi connectivity index (χ3v) is 2.84. The fourth-order valence-corrected chi connectivity index (χ4v) is 1.98. The van der Waals surface area contributed by atoms with Crippen molar-refractivity contribution >= 4 is 0 Å². The molecule has 0 amide bonds. The van der Waals surface area contributed by atoms with Crippen molar-refractivity contribution in [2.75, 3.05) is 0 Å². The van der Waals surface area contributed by atoms with Crippen molar-refractivity contribution in [1.82, 2.24) is 5.43 Å². The molecule has 3 N–H and O–H groups in total. The van der Waals surface area contributed by atoms with Gasteiger partial charge in [-0.3, -0.25) is 11.3 Å². The van der Waals surface area contributed by atoms with E-state index in [0.29, 0.717) is 6.04 Å². The summed E-state index contributed by atoms with van der Waals surface area (Å²) in [6.07, 6.45) is 12.4. The lowest BCUT2D eigenvalue weighted by molar-refractivity contribution is 0.405. The minimum atomic E-state index is 0.586. The Balaban J connectivity index is 2.17. The minimum absolute atomic E-state index is 0.586. The predicted molar refractivity (Wildman–Crippen MR) is 52.7 cm³/mol. The van der Waals surface area contributed by atoms with E-state index in [9.17, 15) is 0 Å². The molecular formula is C10H22N2. The van der Waals surface area contributed by atoms with Crippen LogP contribution in [0.15, 0.2) is 0 Å². The monoisotopic (exact) mass is 170 g/mol. The lowest BCUT2D eigenvalue weighted by Crippen LogP contribution is -2.35. The summed E-state index contributed by atoms with van der Waals surface area (Å²) in [4.78, 5) is 0. The molecule has 2 heteroatoms. The Bertz CT molecular complexity index is 94.0. The second-order valence-electron chi connectivity index (χ2n) is 3.92. The van der Waals surface area contributed by atoms with Crippen LogP contribution in [-0.4, -0.2) is 6.04 Å². The average Bonchev–Trinajstić information content (AvgIpc) is 2.14. The van der Waals surface area contributed by atoms with Gasteiger partial charge < -0.3 is 0 Å². The van der Waals surface area contributed by atoms with Crippen LogP contribution in [0, 0.1) is 0 Å². The zero-order chi connectivity index (χ0) is 8.65. The highest BCUT2D eigenvalue weighted by atomic mass is 15.2. The summed E-state index contributed by atoms with van der Waals surface area (Å²) >= 11 is 0. The van der Waals surface area contributed by atoms with E-state index in [4.69, 9.17) is 5.84 Å². The van der Waals surface area contributed by atoms with Crippen molar-refractivity contribution in [2.45, 2.75) is 63.8 Å². The molecule has 72 valence electrons. The van der Waals surface area contributed by atoms with Gasteiger partial charge in [-0.15, -0.1) is 0 Å². The van der Waals surface area contributed by atoms with Gasteiger partial charge in [0.25, 0.3) is 0 Å². The van der Waals surface area contributed by atoms with Crippen molar-refractivity contribution in [2.24, 2.45) is 5.84 Å². The van der Waals surface area contributed by atoms with E-state index in [1.54, 1.807) is 0 Å². The summed E-state index contributed by atoms with van der Waals surface area (Å²) < 4.78 is 0. The molecule has 0 aliphatic heterocycles. The van der Waals surface area contributed by atoms with Gasteiger partial charge in [-0.2, -0.15) is 0 Å². The van der Waals surface area contributed by atoms with E-state index >= 15 is 0 Å². The maximum Gasteiger partial charge on any atom is 0.0210 e. The van der Waals surface area contributed by atoms with Crippen LogP contribution in [0.25, 0.3) is 0 Å². The molecule has 1 aliphatic rings. The molecule has 1 aliphatic carbocycles. The fourth-order valence-electron chi connectivity index (χ4n) is 1.98.